The monoisotopic (exact) mass is 350 g/mol. The van der Waals surface area contributed by atoms with Crippen LogP contribution in [0.5, 0.6) is 11.5 Å². The molecule has 6 heteroatoms. The highest BCUT2D eigenvalue weighted by Gasteiger charge is 2.29. The number of aliphatic imine (C=N–C) groups is 1. The number of fused-ring (bicyclic) bond motifs is 2. The number of rotatable bonds is 1. The molecule has 2 unspecified atom stereocenters. The fourth-order valence-corrected chi connectivity index (χ4v) is 3.13. The first-order chi connectivity index (χ1) is 12.5. The second-order valence-electron chi connectivity index (χ2n) is 6.44. The van der Waals surface area contributed by atoms with Gasteiger partial charge < -0.3 is 14.8 Å². The van der Waals surface area contributed by atoms with Gasteiger partial charge in [0.25, 0.3) is 11.8 Å². The molecule has 1 aliphatic carbocycles. The summed E-state index contributed by atoms with van der Waals surface area (Å²) in [5.74, 6) is 0.634. The third kappa shape index (κ3) is 2.83. The van der Waals surface area contributed by atoms with Crippen LogP contribution in [0.15, 0.2) is 64.3 Å². The summed E-state index contributed by atoms with van der Waals surface area (Å²) in [6.45, 7) is 3.86. The number of benzene rings is 1. The number of ether oxygens (including phenoxy) is 2. The first-order valence-corrected chi connectivity index (χ1v) is 8.42. The van der Waals surface area contributed by atoms with Crippen LogP contribution in [0.2, 0.25) is 0 Å². The maximum absolute atomic E-state index is 12.5. The van der Waals surface area contributed by atoms with Crippen LogP contribution >= 0.6 is 0 Å². The molecular weight excluding hydrogens is 332 g/mol. The van der Waals surface area contributed by atoms with E-state index in [9.17, 15) is 9.59 Å². The standard InChI is InChI=1S/C20H18N2O4/c1-11-12(2)19(23)22-15-9-13(7-8-14(11)15)21-20(24)18-10-25-16-5-3-4-6-17(16)26-18/h3-9,14,18H,10H2,1-2H3,(H,22,23). The lowest BCUT2D eigenvalue weighted by molar-refractivity contribution is -0.126. The van der Waals surface area contributed by atoms with E-state index in [0.717, 1.165) is 16.8 Å². The molecule has 26 heavy (non-hydrogen) atoms. The van der Waals surface area contributed by atoms with Crippen LogP contribution in [-0.4, -0.2) is 30.2 Å². The lowest BCUT2D eigenvalue weighted by Gasteiger charge is -2.28. The van der Waals surface area contributed by atoms with E-state index in [4.69, 9.17) is 9.47 Å². The van der Waals surface area contributed by atoms with Crippen LogP contribution in [0.25, 0.3) is 0 Å². The Bertz CT molecular complexity index is 923. The number of carbonyl (C=O) groups excluding carboxylic acids is 2. The number of amides is 2. The fraction of sp³-hybridized carbons (Fsp3) is 0.250. The molecule has 132 valence electrons. The molecule has 6 nitrogen and oxygen atoms in total. The van der Waals surface area contributed by atoms with Crippen LogP contribution in [0.1, 0.15) is 13.8 Å². The average molecular weight is 350 g/mol. The van der Waals surface area contributed by atoms with Gasteiger partial charge in [-0.2, -0.15) is 0 Å². The molecule has 1 aromatic rings. The maximum Gasteiger partial charge on any atom is 0.290 e. The van der Waals surface area contributed by atoms with Crippen molar-refractivity contribution in [3.8, 4) is 11.5 Å². The number of allylic oxidation sites excluding steroid dienone is 3. The molecular formula is C20H18N2O4. The Labute approximate surface area is 150 Å². The SMILES string of the molecule is CC1=C(C)C2C=CC(=NC(=O)C3COc4ccccc4O3)C=C2NC1=O. The molecule has 2 amide bonds. The molecule has 4 rings (SSSR count). The highest BCUT2D eigenvalue weighted by atomic mass is 16.6. The quantitative estimate of drug-likeness (QED) is 0.843. The number of carbonyl (C=O) groups is 2. The summed E-state index contributed by atoms with van der Waals surface area (Å²) in [5, 5.41) is 2.86. The van der Waals surface area contributed by atoms with E-state index in [1.807, 2.05) is 25.1 Å². The molecule has 0 saturated carbocycles. The third-order valence-corrected chi connectivity index (χ3v) is 4.78. The number of para-hydroxylation sites is 2. The van der Waals surface area contributed by atoms with Crippen LogP contribution < -0.4 is 14.8 Å². The van der Waals surface area contributed by atoms with E-state index in [1.54, 1.807) is 31.2 Å². The minimum Gasteiger partial charge on any atom is -0.485 e. The molecule has 0 saturated heterocycles. The van der Waals surface area contributed by atoms with Crippen molar-refractivity contribution in [1.82, 2.24) is 5.32 Å². The molecule has 2 heterocycles. The Morgan fingerprint density at radius 3 is 2.81 bits per heavy atom. The zero-order valence-corrected chi connectivity index (χ0v) is 14.5. The molecule has 0 aromatic heterocycles. The molecule has 1 N–H and O–H groups in total. The van der Waals surface area contributed by atoms with Gasteiger partial charge >= 0.3 is 0 Å². The lowest BCUT2D eigenvalue weighted by atomic mass is 9.85. The maximum atomic E-state index is 12.5. The summed E-state index contributed by atoms with van der Waals surface area (Å²) < 4.78 is 11.2. The largest absolute Gasteiger partial charge is 0.485 e. The van der Waals surface area contributed by atoms with E-state index in [-0.39, 0.29) is 18.4 Å². The predicted molar refractivity (Wildman–Crippen MR) is 96.0 cm³/mol. The van der Waals surface area contributed by atoms with Gasteiger partial charge in [-0.05, 0) is 38.1 Å². The fourth-order valence-electron chi connectivity index (χ4n) is 3.13. The van der Waals surface area contributed by atoms with Crippen LogP contribution in [0.3, 0.4) is 0 Å². The summed E-state index contributed by atoms with van der Waals surface area (Å²) in [6.07, 6.45) is 4.67. The van der Waals surface area contributed by atoms with Gasteiger partial charge in [-0.3, -0.25) is 9.59 Å². The van der Waals surface area contributed by atoms with E-state index in [2.05, 4.69) is 10.3 Å². The van der Waals surface area contributed by atoms with E-state index < -0.39 is 12.0 Å². The van der Waals surface area contributed by atoms with Crippen molar-refractivity contribution in [3.63, 3.8) is 0 Å². The van der Waals surface area contributed by atoms with Crippen molar-refractivity contribution in [3.05, 3.63) is 59.3 Å². The summed E-state index contributed by atoms with van der Waals surface area (Å²) in [6, 6.07) is 7.21. The molecule has 0 spiro atoms. The van der Waals surface area contributed by atoms with Crippen molar-refractivity contribution in [1.29, 1.82) is 0 Å². The highest BCUT2D eigenvalue weighted by molar-refractivity contribution is 6.12. The molecule has 2 aliphatic heterocycles. The van der Waals surface area contributed by atoms with Gasteiger partial charge in [0.2, 0.25) is 6.10 Å². The van der Waals surface area contributed by atoms with Gasteiger partial charge in [-0.25, -0.2) is 4.99 Å². The smallest absolute Gasteiger partial charge is 0.290 e. The van der Waals surface area contributed by atoms with Crippen molar-refractivity contribution in [2.75, 3.05) is 6.61 Å². The van der Waals surface area contributed by atoms with Gasteiger partial charge in [0, 0.05) is 17.2 Å². The predicted octanol–water partition coefficient (Wildman–Crippen LogP) is 2.33. The van der Waals surface area contributed by atoms with Gasteiger partial charge in [0.15, 0.2) is 11.5 Å². The van der Waals surface area contributed by atoms with Crippen molar-refractivity contribution in [2.45, 2.75) is 20.0 Å². The van der Waals surface area contributed by atoms with E-state index in [1.165, 1.54) is 0 Å². The highest BCUT2D eigenvalue weighted by Crippen LogP contribution is 2.32. The van der Waals surface area contributed by atoms with Gasteiger partial charge in [0.05, 0.1) is 5.71 Å². The van der Waals surface area contributed by atoms with E-state index >= 15 is 0 Å². The Hall–Kier alpha value is -3.15. The number of nitrogens with one attached hydrogen (secondary N) is 1. The van der Waals surface area contributed by atoms with Crippen molar-refractivity contribution in [2.24, 2.45) is 10.9 Å². The number of hydrogen-bond acceptors (Lipinski definition) is 4. The molecule has 0 bridgehead atoms. The first kappa shape index (κ1) is 16.3. The summed E-state index contributed by atoms with van der Waals surface area (Å²) in [7, 11) is 0. The summed E-state index contributed by atoms with van der Waals surface area (Å²) in [4.78, 5) is 28.6. The van der Waals surface area contributed by atoms with Crippen molar-refractivity contribution < 1.29 is 19.1 Å². The molecule has 0 radical (unpaired) electrons. The number of hydrogen-bond donors (Lipinski definition) is 1. The summed E-state index contributed by atoms with van der Waals surface area (Å²) in [5.41, 5.74) is 2.94. The van der Waals surface area contributed by atoms with Crippen LogP contribution in [-0.2, 0) is 9.59 Å². The zero-order valence-electron chi connectivity index (χ0n) is 14.5. The minimum atomic E-state index is -0.785. The van der Waals surface area contributed by atoms with E-state index in [0.29, 0.717) is 17.2 Å². The third-order valence-electron chi connectivity index (χ3n) is 4.78. The zero-order chi connectivity index (χ0) is 18.3. The van der Waals surface area contributed by atoms with Crippen molar-refractivity contribution >= 4 is 17.5 Å². The van der Waals surface area contributed by atoms with Gasteiger partial charge in [0.1, 0.15) is 6.61 Å². The van der Waals surface area contributed by atoms with Crippen LogP contribution in [0, 0.1) is 5.92 Å². The van der Waals surface area contributed by atoms with Crippen LogP contribution in [0.4, 0.5) is 0 Å². The molecule has 1 aromatic carbocycles. The Morgan fingerprint density at radius 1 is 1.23 bits per heavy atom. The molecule has 3 aliphatic rings. The van der Waals surface area contributed by atoms with Gasteiger partial charge in [-0.1, -0.05) is 23.8 Å². The normalized spacial score (nSPS) is 25.5. The lowest BCUT2D eigenvalue weighted by Crippen LogP contribution is -2.37. The second kappa shape index (κ2) is 6.29. The molecule has 2 atom stereocenters. The number of nitrogens with zero attached hydrogens (tertiary/aromatic N) is 1. The summed E-state index contributed by atoms with van der Waals surface area (Å²) >= 11 is 0. The Morgan fingerprint density at radius 2 is 2.00 bits per heavy atom. The Kier molecular flexibility index (Phi) is 3.95. The molecule has 0 fully saturated rings. The second-order valence-corrected chi connectivity index (χ2v) is 6.44. The minimum absolute atomic E-state index is 0.0166. The topological polar surface area (TPSA) is 77.0 Å². The Balaban J connectivity index is 1.53. The average Bonchev–Trinajstić information content (AvgIpc) is 2.65. The van der Waals surface area contributed by atoms with Gasteiger partial charge in [-0.15, -0.1) is 0 Å². The first-order valence-electron chi connectivity index (χ1n) is 8.42.